The van der Waals surface area contributed by atoms with Crippen LogP contribution in [0.3, 0.4) is 0 Å². The van der Waals surface area contributed by atoms with E-state index in [1.165, 1.54) is 4.90 Å². The predicted molar refractivity (Wildman–Crippen MR) is 155 cm³/mol. The maximum atomic E-state index is 14.1. The number of aryl methyl sites for hydroxylation is 1. The number of benzene rings is 3. The Balaban J connectivity index is 1.74. The summed E-state index contributed by atoms with van der Waals surface area (Å²) in [6, 6.07) is 18.5. The lowest BCUT2D eigenvalue weighted by molar-refractivity contribution is -0.140. The zero-order valence-corrected chi connectivity index (χ0v) is 24.0. The van der Waals surface area contributed by atoms with Crippen LogP contribution >= 0.6 is 0 Å². The van der Waals surface area contributed by atoms with E-state index in [4.69, 9.17) is 0 Å². The summed E-state index contributed by atoms with van der Waals surface area (Å²) in [5.41, 5.74) is 2.35. The highest BCUT2D eigenvalue weighted by molar-refractivity contribution is 7.92. The Morgan fingerprint density at radius 3 is 2.24 bits per heavy atom. The Labute approximate surface area is 240 Å². The predicted octanol–water partition coefficient (Wildman–Crippen LogP) is 4.74. The number of hydrogen-bond acceptors (Lipinski definition) is 4. The number of halogens is 2. The topological polar surface area (TPSA) is 86.8 Å². The molecule has 0 bridgehead atoms. The quantitative estimate of drug-likeness (QED) is 0.354. The molecule has 0 aromatic heterocycles. The van der Waals surface area contributed by atoms with Gasteiger partial charge >= 0.3 is 0 Å². The molecule has 1 aliphatic carbocycles. The number of carbonyl (C=O) groups excluding carboxylic acids is 2. The SMILES string of the molecule is Cc1ccccc1CN(C(=O)CN(c1ccc(F)c(F)c1)S(C)(=O)=O)[C@H](Cc1ccccc1)C(=O)NC1CCCC1. The molecule has 3 aromatic rings. The molecule has 41 heavy (non-hydrogen) atoms. The van der Waals surface area contributed by atoms with Crippen molar-refractivity contribution >= 4 is 27.5 Å². The van der Waals surface area contributed by atoms with Crippen LogP contribution in [-0.4, -0.2) is 50.0 Å². The summed E-state index contributed by atoms with van der Waals surface area (Å²) in [7, 11) is -4.08. The average molecular weight is 584 g/mol. The van der Waals surface area contributed by atoms with Crippen LogP contribution in [0.4, 0.5) is 14.5 Å². The van der Waals surface area contributed by atoms with Gasteiger partial charge in [-0.25, -0.2) is 17.2 Å². The first-order chi connectivity index (χ1) is 19.5. The molecule has 7 nitrogen and oxygen atoms in total. The minimum Gasteiger partial charge on any atom is -0.352 e. The average Bonchev–Trinajstić information content (AvgIpc) is 3.44. The molecule has 0 saturated heterocycles. The van der Waals surface area contributed by atoms with E-state index in [2.05, 4.69) is 5.32 Å². The van der Waals surface area contributed by atoms with Gasteiger partial charge in [-0.3, -0.25) is 13.9 Å². The summed E-state index contributed by atoms with van der Waals surface area (Å²) >= 11 is 0. The molecule has 1 N–H and O–H groups in total. The van der Waals surface area contributed by atoms with E-state index in [0.717, 1.165) is 71.1 Å². The first-order valence-electron chi connectivity index (χ1n) is 13.6. The fraction of sp³-hybridized carbons (Fsp3) is 0.355. The van der Waals surface area contributed by atoms with Gasteiger partial charge in [0.05, 0.1) is 11.9 Å². The highest BCUT2D eigenvalue weighted by atomic mass is 32.2. The van der Waals surface area contributed by atoms with Gasteiger partial charge in [0.15, 0.2) is 11.6 Å². The third-order valence-corrected chi connectivity index (χ3v) is 8.59. The van der Waals surface area contributed by atoms with Crippen LogP contribution in [0.15, 0.2) is 72.8 Å². The fourth-order valence-corrected chi connectivity index (χ4v) is 5.99. The molecular weight excluding hydrogens is 548 g/mol. The number of amides is 2. The summed E-state index contributed by atoms with van der Waals surface area (Å²) in [4.78, 5) is 29.3. The van der Waals surface area contributed by atoms with E-state index >= 15 is 0 Å². The minimum atomic E-state index is -4.08. The molecule has 0 spiro atoms. The van der Waals surface area contributed by atoms with E-state index in [1.807, 2.05) is 61.5 Å². The van der Waals surface area contributed by atoms with Crippen LogP contribution < -0.4 is 9.62 Å². The molecule has 2 amide bonds. The lowest BCUT2D eigenvalue weighted by Crippen LogP contribution is -2.54. The van der Waals surface area contributed by atoms with Gasteiger partial charge < -0.3 is 10.2 Å². The minimum absolute atomic E-state index is 0.00546. The van der Waals surface area contributed by atoms with Gasteiger partial charge in [-0.05, 0) is 48.6 Å². The number of hydrogen-bond donors (Lipinski definition) is 1. The lowest BCUT2D eigenvalue weighted by atomic mass is 10.0. The van der Waals surface area contributed by atoms with E-state index in [1.54, 1.807) is 0 Å². The summed E-state index contributed by atoms with van der Waals surface area (Å²) in [5.74, 6) is -3.34. The monoisotopic (exact) mass is 583 g/mol. The third kappa shape index (κ3) is 7.91. The third-order valence-electron chi connectivity index (χ3n) is 7.44. The second-order valence-electron chi connectivity index (χ2n) is 10.5. The highest BCUT2D eigenvalue weighted by Crippen LogP contribution is 2.24. The van der Waals surface area contributed by atoms with Crippen molar-refractivity contribution < 1.29 is 26.8 Å². The smallest absolute Gasteiger partial charge is 0.244 e. The van der Waals surface area contributed by atoms with Crippen molar-refractivity contribution in [1.82, 2.24) is 10.2 Å². The molecule has 0 aliphatic heterocycles. The second kappa shape index (κ2) is 13.2. The van der Waals surface area contributed by atoms with Gasteiger partial charge in [-0.15, -0.1) is 0 Å². The molecule has 1 fully saturated rings. The number of carbonyl (C=O) groups is 2. The standard InChI is InChI=1S/C31H35F2N3O4S/c1-22-10-6-7-13-24(22)20-35(30(37)21-36(41(2,39)40)26-16-17-27(32)28(33)19-26)29(18-23-11-4-3-5-12-23)31(38)34-25-14-8-9-15-25/h3-7,10-13,16-17,19,25,29H,8-9,14-15,18,20-21H2,1-2H3,(H,34,38)/t29-/m1/s1. The molecule has 218 valence electrons. The van der Waals surface area contributed by atoms with Gasteiger partial charge in [-0.2, -0.15) is 0 Å². The van der Waals surface area contributed by atoms with Crippen LogP contribution in [0.1, 0.15) is 42.4 Å². The molecule has 4 rings (SSSR count). The van der Waals surface area contributed by atoms with Gasteiger partial charge in [-0.1, -0.05) is 67.4 Å². The van der Waals surface area contributed by atoms with Gasteiger partial charge in [0.1, 0.15) is 12.6 Å². The van der Waals surface area contributed by atoms with Crippen molar-refractivity contribution in [2.24, 2.45) is 0 Å². The Hall–Kier alpha value is -3.79. The van der Waals surface area contributed by atoms with E-state index in [9.17, 15) is 26.8 Å². The Morgan fingerprint density at radius 2 is 1.61 bits per heavy atom. The Morgan fingerprint density at radius 1 is 0.951 bits per heavy atom. The number of anilines is 1. The second-order valence-corrected chi connectivity index (χ2v) is 12.4. The first kappa shape index (κ1) is 30.2. The maximum absolute atomic E-state index is 14.1. The van der Waals surface area contributed by atoms with Crippen LogP contribution in [-0.2, 0) is 32.6 Å². The molecule has 10 heteroatoms. The molecule has 0 unspecified atom stereocenters. The van der Waals surface area contributed by atoms with Crippen molar-refractivity contribution in [1.29, 1.82) is 0 Å². The van der Waals surface area contributed by atoms with Gasteiger partial charge in [0.2, 0.25) is 21.8 Å². The summed E-state index contributed by atoms with van der Waals surface area (Å²) in [6.45, 7) is 1.25. The normalized spacial score (nSPS) is 14.4. The van der Waals surface area contributed by atoms with E-state index in [0.29, 0.717) is 0 Å². The van der Waals surface area contributed by atoms with Gasteiger partial charge in [0.25, 0.3) is 0 Å². The van der Waals surface area contributed by atoms with E-state index < -0.39 is 40.2 Å². The Kier molecular flexibility index (Phi) is 9.75. The summed E-state index contributed by atoms with van der Waals surface area (Å²) in [5, 5.41) is 3.11. The number of sulfonamides is 1. The number of rotatable bonds is 11. The number of nitrogens with zero attached hydrogens (tertiary/aromatic N) is 2. The molecule has 1 saturated carbocycles. The molecular formula is C31H35F2N3O4S. The zero-order valence-electron chi connectivity index (χ0n) is 23.2. The molecule has 1 atom stereocenters. The number of nitrogens with one attached hydrogen (secondary N) is 1. The highest BCUT2D eigenvalue weighted by Gasteiger charge is 2.34. The molecule has 0 heterocycles. The van der Waals surface area contributed by atoms with Crippen LogP contribution in [0.25, 0.3) is 0 Å². The maximum Gasteiger partial charge on any atom is 0.244 e. The lowest BCUT2D eigenvalue weighted by Gasteiger charge is -2.34. The fourth-order valence-electron chi connectivity index (χ4n) is 5.15. The largest absolute Gasteiger partial charge is 0.352 e. The first-order valence-corrected chi connectivity index (χ1v) is 15.5. The summed E-state index contributed by atoms with van der Waals surface area (Å²) in [6.07, 6.45) is 4.83. The molecule has 1 aliphatic rings. The van der Waals surface area contributed by atoms with Crippen molar-refractivity contribution in [3.05, 3.63) is 101 Å². The van der Waals surface area contributed by atoms with E-state index in [-0.39, 0.29) is 30.6 Å². The van der Waals surface area contributed by atoms with Crippen LogP contribution in [0.5, 0.6) is 0 Å². The van der Waals surface area contributed by atoms with Crippen LogP contribution in [0, 0.1) is 18.6 Å². The van der Waals surface area contributed by atoms with Crippen molar-refractivity contribution in [3.63, 3.8) is 0 Å². The van der Waals surface area contributed by atoms with Crippen molar-refractivity contribution in [3.8, 4) is 0 Å². The summed E-state index contributed by atoms with van der Waals surface area (Å²) < 4.78 is 54.0. The molecule has 3 aromatic carbocycles. The molecule has 0 radical (unpaired) electrons. The van der Waals surface area contributed by atoms with Gasteiger partial charge in [0, 0.05) is 25.1 Å². The Bertz CT molecular complexity index is 1480. The zero-order chi connectivity index (χ0) is 29.6. The van der Waals surface area contributed by atoms with Crippen molar-refractivity contribution in [2.75, 3.05) is 17.1 Å². The van der Waals surface area contributed by atoms with Crippen LogP contribution in [0.2, 0.25) is 0 Å². The van der Waals surface area contributed by atoms with Crippen molar-refractivity contribution in [2.45, 2.75) is 57.7 Å².